The number of aromatic hydroxyl groups is 1. The van der Waals surface area contributed by atoms with Gasteiger partial charge in [0.2, 0.25) is 5.91 Å². The fourth-order valence-electron chi connectivity index (χ4n) is 1.48. The Morgan fingerprint density at radius 1 is 1.62 bits per heavy atom. The minimum Gasteiger partial charge on any atom is -0.504 e. The SMILES string of the molecule is O=C(Nc1nc(Br)ccc1O)C1CCOC1. The first kappa shape index (κ1) is 11.3. The fourth-order valence-corrected chi connectivity index (χ4v) is 1.79. The Balaban J connectivity index is 2.07. The van der Waals surface area contributed by atoms with Crippen LogP contribution in [0.5, 0.6) is 5.75 Å². The molecule has 86 valence electrons. The van der Waals surface area contributed by atoms with Gasteiger partial charge in [0.1, 0.15) is 4.60 Å². The van der Waals surface area contributed by atoms with Crippen LogP contribution in [0.15, 0.2) is 16.7 Å². The number of rotatable bonds is 2. The minimum atomic E-state index is -0.168. The second-order valence-electron chi connectivity index (χ2n) is 3.55. The molecule has 1 amide bonds. The normalized spacial score (nSPS) is 19.7. The fraction of sp³-hybridized carbons (Fsp3) is 0.400. The third-order valence-electron chi connectivity index (χ3n) is 2.38. The van der Waals surface area contributed by atoms with Crippen molar-refractivity contribution in [1.29, 1.82) is 0 Å². The molecule has 0 bridgehead atoms. The molecule has 2 rings (SSSR count). The Bertz CT molecular complexity index is 405. The molecular formula is C10H11BrN2O3. The first-order valence-corrected chi connectivity index (χ1v) is 5.70. The van der Waals surface area contributed by atoms with E-state index in [9.17, 15) is 9.90 Å². The van der Waals surface area contributed by atoms with Crippen molar-refractivity contribution in [1.82, 2.24) is 4.98 Å². The third-order valence-corrected chi connectivity index (χ3v) is 2.82. The molecule has 2 N–H and O–H groups in total. The number of nitrogens with one attached hydrogen (secondary N) is 1. The summed E-state index contributed by atoms with van der Waals surface area (Å²) in [5.41, 5.74) is 0. The number of hydrogen-bond acceptors (Lipinski definition) is 4. The highest BCUT2D eigenvalue weighted by Crippen LogP contribution is 2.24. The smallest absolute Gasteiger partial charge is 0.231 e. The van der Waals surface area contributed by atoms with Crippen molar-refractivity contribution >= 4 is 27.7 Å². The number of hydrogen-bond donors (Lipinski definition) is 2. The van der Waals surface area contributed by atoms with Gasteiger partial charge in [0.25, 0.3) is 0 Å². The van der Waals surface area contributed by atoms with Crippen molar-refractivity contribution in [3.8, 4) is 5.75 Å². The lowest BCUT2D eigenvalue weighted by atomic mass is 10.1. The first-order valence-electron chi connectivity index (χ1n) is 4.91. The molecule has 1 aliphatic rings. The number of anilines is 1. The Morgan fingerprint density at radius 3 is 3.12 bits per heavy atom. The van der Waals surface area contributed by atoms with Crippen LogP contribution in [-0.2, 0) is 9.53 Å². The van der Waals surface area contributed by atoms with E-state index in [1.165, 1.54) is 6.07 Å². The quantitative estimate of drug-likeness (QED) is 0.809. The highest BCUT2D eigenvalue weighted by atomic mass is 79.9. The molecule has 0 aliphatic carbocycles. The number of pyridine rings is 1. The van der Waals surface area contributed by atoms with Gasteiger partial charge in [0.15, 0.2) is 11.6 Å². The molecule has 0 aromatic carbocycles. The van der Waals surface area contributed by atoms with Crippen LogP contribution in [0, 0.1) is 5.92 Å². The lowest BCUT2D eigenvalue weighted by Gasteiger charge is -2.09. The molecule has 1 aliphatic heterocycles. The second-order valence-corrected chi connectivity index (χ2v) is 4.36. The van der Waals surface area contributed by atoms with Gasteiger partial charge in [-0.2, -0.15) is 0 Å². The predicted octanol–water partition coefficient (Wildman–Crippen LogP) is 1.52. The van der Waals surface area contributed by atoms with Crippen LogP contribution in [-0.4, -0.2) is 29.2 Å². The molecular weight excluding hydrogens is 276 g/mol. The summed E-state index contributed by atoms with van der Waals surface area (Å²) in [6.07, 6.45) is 0.709. The molecule has 1 atom stereocenters. The van der Waals surface area contributed by atoms with Gasteiger partial charge in [-0.15, -0.1) is 0 Å². The van der Waals surface area contributed by atoms with Crippen LogP contribution in [0.25, 0.3) is 0 Å². The highest BCUT2D eigenvalue weighted by molar-refractivity contribution is 9.10. The maximum absolute atomic E-state index is 11.7. The van der Waals surface area contributed by atoms with Crippen molar-refractivity contribution in [3.63, 3.8) is 0 Å². The van der Waals surface area contributed by atoms with Gasteiger partial charge in [-0.1, -0.05) is 0 Å². The van der Waals surface area contributed by atoms with E-state index < -0.39 is 0 Å². The molecule has 2 heterocycles. The van der Waals surface area contributed by atoms with Crippen LogP contribution >= 0.6 is 15.9 Å². The van der Waals surface area contributed by atoms with Crippen LogP contribution in [0.1, 0.15) is 6.42 Å². The van der Waals surface area contributed by atoms with Crippen molar-refractivity contribution in [2.75, 3.05) is 18.5 Å². The van der Waals surface area contributed by atoms with Gasteiger partial charge in [-0.05, 0) is 34.5 Å². The number of ether oxygens (including phenoxy) is 1. The summed E-state index contributed by atoms with van der Waals surface area (Å²) in [4.78, 5) is 15.7. The molecule has 1 aromatic heterocycles. The number of carbonyl (C=O) groups excluding carboxylic acids is 1. The monoisotopic (exact) mass is 286 g/mol. The van der Waals surface area contributed by atoms with E-state index in [0.29, 0.717) is 24.2 Å². The van der Waals surface area contributed by atoms with Crippen LogP contribution in [0.4, 0.5) is 5.82 Å². The van der Waals surface area contributed by atoms with Gasteiger partial charge < -0.3 is 15.2 Å². The van der Waals surface area contributed by atoms with E-state index in [4.69, 9.17) is 4.74 Å². The molecule has 0 radical (unpaired) electrons. The molecule has 5 nitrogen and oxygen atoms in total. The number of halogens is 1. The molecule has 6 heteroatoms. The first-order chi connectivity index (χ1) is 7.66. The summed E-state index contributed by atoms with van der Waals surface area (Å²) >= 11 is 3.17. The van der Waals surface area contributed by atoms with E-state index in [0.717, 1.165) is 0 Å². The summed E-state index contributed by atoms with van der Waals surface area (Å²) in [5, 5.41) is 12.1. The largest absolute Gasteiger partial charge is 0.504 e. The van der Waals surface area contributed by atoms with Crippen molar-refractivity contribution in [2.45, 2.75) is 6.42 Å². The van der Waals surface area contributed by atoms with Gasteiger partial charge in [0.05, 0.1) is 12.5 Å². The van der Waals surface area contributed by atoms with Crippen LogP contribution in [0.2, 0.25) is 0 Å². The lowest BCUT2D eigenvalue weighted by molar-refractivity contribution is -0.119. The van der Waals surface area contributed by atoms with Crippen molar-refractivity contribution < 1.29 is 14.6 Å². The number of aromatic nitrogens is 1. The standard InChI is InChI=1S/C10H11BrN2O3/c11-8-2-1-7(14)9(12-8)13-10(15)6-3-4-16-5-6/h1-2,6,14H,3-5H2,(H,12,13,15). The van der Waals surface area contributed by atoms with E-state index in [2.05, 4.69) is 26.2 Å². The molecule has 0 spiro atoms. The maximum Gasteiger partial charge on any atom is 0.231 e. The third kappa shape index (κ3) is 2.51. The molecule has 1 unspecified atom stereocenters. The van der Waals surface area contributed by atoms with Crippen molar-refractivity contribution in [2.24, 2.45) is 5.92 Å². The molecule has 16 heavy (non-hydrogen) atoms. The molecule has 1 fully saturated rings. The highest BCUT2D eigenvalue weighted by Gasteiger charge is 2.24. The second kappa shape index (κ2) is 4.80. The van der Waals surface area contributed by atoms with Crippen LogP contribution < -0.4 is 5.32 Å². The van der Waals surface area contributed by atoms with Gasteiger partial charge in [0, 0.05) is 6.61 Å². The zero-order valence-corrected chi connectivity index (χ0v) is 10.0. The number of carbonyl (C=O) groups is 1. The Morgan fingerprint density at radius 2 is 2.44 bits per heavy atom. The Hall–Kier alpha value is -1.14. The Labute approximate surface area is 101 Å². The molecule has 1 saturated heterocycles. The number of amides is 1. The zero-order chi connectivity index (χ0) is 11.5. The van der Waals surface area contributed by atoms with Gasteiger partial charge in [-0.25, -0.2) is 4.98 Å². The number of nitrogens with zero attached hydrogens (tertiary/aromatic N) is 1. The summed E-state index contributed by atoms with van der Waals surface area (Å²) in [5.74, 6) is -0.194. The summed E-state index contributed by atoms with van der Waals surface area (Å²) < 4.78 is 5.68. The van der Waals surface area contributed by atoms with Crippen molar-refractivity contribution in [3.05, 3.63) is 16.7 Å². The summed E-state index contributed by atoms with van der Waals surface area (Å²) in [7, 11) is 0. The van der Waals surface area contributed by atoms with Gasteiger partial charge >= 0.3 is 0 Å². The van der Waals surface area contributed by atoms with Crippen LogP contribution in [0.3, 0.4) is 0 Å². The molecule has 1 aromatic rings. The van der Waals surface area contributed by atoms with E-state index >= 15 is 0 Å². The van der Waals surface area contributed by atoms with Gasteiger partial charge in [-0.3, -0.25) is 4.79 Å². The molecule has 0 saturated carbocycles. The maximum atomic E-state index is 11.7. The summed E-state index contributed by atoms with van der Waals surface area (Å²) in [6, 6.07) is 3.07. The zero-order valence-electron chi connectivity index (χ0n) is 8.44. The predicted molar refractivity (Wildman–Crippen MR) is 61.2 cm³/mol. The van der Waals surface area contributed by atoms with E-state index in [1.807, 2.05) is 0 Å². The average Bonchev–Trinajstić information content (AvgIpc) is 2.76. The summed E-state index contributed by atoms with van der Waals surface area (Å²) in [6.45, 7) is 1.04. The Kier molecular flexibility index (Phi) is 3.40. The van der Waals surface area contributed by atoms with E-state index in [1.54, 1.807) is 6.07 Å². The lowest BCUT2D eigenvalue weighted by Crippen LogP contribution is -2.23. The topological polar surface area (TPSA) is 71.5 Å². The average molecular weight is 287 g/mol. The van der Waals surface area contributed by atoms with E-state index in [-0.39, 0.29) is 23.4 Å². The minimum absolute atomic E-state index is 0.0459.